The molecule has 88 valence electrons. The Balaban J connectivity index is 1.68. The highest BCUT2D eigenvalue weighted by atomic mass is 79.9. The van der Waals surface area contributed by atoms with Crippen LogP contribution >= 0.6 is 27.3 Å². The molecule has 1 aromatic carbocycles. The van der Waals surface area contributed by atoms with Crippen molar-refractivity contribution < 1.29 is 0 Å². The van der Waals surface area contributed by atoms with E-state index >= 15 is 0 Å². The van der Waals surface area contributed by atoms with Gasteiger partial charge < -0.3 is 5.32 Å². The predicted octanol–water partition coefficient (Wildman–Crippen LogP) is 4.29. The lowest BCUT2D eigenvalue weighted by atomic mass is 10.1. The molecule has 0 spiro atoms. The Morgan fingerprint density at radius 3 is 3.06 bits per heavy atom. The molecule has 17 heavy (non-hydrogen) atoms. The van der Waals surface area contributed by atoms with Gasteiger partial charge in [-0.3, -0.25) is 0 Å². The van der Waals surface area contributed by atoms with Gasteiger partial charge in [0.25, 0.3) is 0 Å². The van der Waals surface area contributed by atoms with Gasteiger partial charge in [0.15, 0.2) is 0 Å². The van der Waals surface area contributed by atoms with Gasteiger partial charge in [-0.15, -0.1) is 11.3 Å². The Bertz CT molecular complexity index is 520. The van der Waals surface area contributed by atoms with Gasteiger partial charge in [0.2, 0.25) is 0 Å². The van der Waals surface area contributed by atoms with E-state index in [2.05, 4.69) is 57.0 Å². The Kier molecular flexibility index (Phi) is 3.32. The third-order valence-electron chi connectivity index (χ3n) is 3.28. The van der Waals surface area contributed by atoms with Gasteiger partial charge in [-0.2, -0.15) is 0 Å². The summed E-state index contributed by atoms with van der Waals surface area (Å²) in [5.74, 6) is 0. The Hall–Kier alpha value is -0.640. The average molecular weight is 308 g/mol. The fourth-order valence-corrected chi connectivity index (χ4v) is 3.84. The van der Waals surface area contributed by atoms with Gasteiger partial charge in [-0.05, 0) is 46.0 Å². The Labute approximate surface area is 114 Å². The van der Waals surface area contributed by atoms with Crippen LogP contribution in [0.25, 0.3) is 0 Å². The van der Waals surface area contributed by atoms with Gasteiger partial charge in [-0.25, -0.2) is 0 Å². The van der Waals surface area contributed by atoms with E-state index in [1.807, 2.05) is 0 Å². The molecule has 1 N–H and O–H groups in total. The fourth-order valence-electron chi connectivity index (χ4n) is 2.44. The van der Waals surface area contributed by atoms with Crippen molar-refractivity contribution in [1.82, 2.24) is 5.32 Å². The van der Waals surface area contributed by atoms with Crippen LogP contribution in [0.2, 0.25) is 0 Å². The van der Waals surface area contributed by atoms with Crippen LogP contribution in [-0.4, -0.2) is 0 Å². The smallest absolute Gasteiger partial charge is 0.0329 e. The van der Waals surface area contributed by atoms with Gasteiger partial charge in [0.1, 0.15) is 0 Å². The first-order valence-corrected chi connectivity index (χ1v) is 7.54. The van der Waals surface area contributed by atoms with Crippen LogP contribution in [0.15, 0.2) is 40.2 Å². The lowest BCUT2D eigenvalue weighted by Crippen LogP contribution is -2.17. The lowest BCUT2D eigenvalue weighted by molar-refractivity contribution is 0.533. The molecule has 3 rings (SSSR count). The normalized spacial score (nSPS) is 18.3. The van der Waals surface area contributed by atoms with Crippen molar-refractivity contribution in [2.75, 3.05) is 0 Å². The number of benzene rings is 1. The number of halogens is 1. The third-order valence-corrected chi connectivity index (χ3v) is 4.97. The molecule has 1 nitrogen and oxygen atoms in total. The van der Waals surface area contributed by atoms with E-state index in [-0.39, 0.29) is 0 Å². The molecule has 3 heteroatoms. The van der Waals surface area contributed by atoms with Crippen molar-refractivity contribution in [3.63, 3.8) is 0 Å². The first-order valence-electron chi connectivity index (χ1n) is 5.87. The first-order chi connectivity index (χ1) is 8.33. The summed E-state index contributed by atoms with van der Waals surface area (Å²) in [5.41, 5.74) is 3.00. The minimum Gasteiger partial charge on any atom is -0.305 e. The van der Waals surface area contributed by atoms with E-state index in [0.29, 0.717) is 6.04 Å². The van der Waals surface area contributed by atoms with Crippen LogP contribution in [0.5, 0.6) is 0 Å². The summed E-state index contributed by atoms with van der Waals surface area (Å²) in [4.78, 5) is 1.39. The third kappa shape index (κ3) is 2.46. The average Bonchev–Trinajstić information content (AvgIpc) is 2.93. The molecule has 1 aliphatic rings. The van der Waals surface area contributed by atoms with E-state index in [4.69, 9.17) is 0 Å². The number of aryl methyl sites for hydroxylation is 1. The van der Waals surface area contributed by atoms with Crippen LogP contribution in [0, 0.1) is 0 Å². The molecule has 0 bridgehead atoms. The van der Waals surface area contributed by atoms with Crippen molar-refractivity contribution in [2.24, 2.45) is 0 Å². The van der Waals surface area contributed by atoms with Crippen molar-refractivity contribution in [2.45, 2.75) is 25.4 Å². The molecule has 1 atom stereocenters. The number of thiophene rings is 1. The van der Waals surface area contributed by atoms with Crippen LogP contribution in [-0.2, 0) is 13.0 Å². The summed E-state index contributed by atoms with van der Waals surface area (Å²) in [7, 11) is 0. The number of fused-ring (bicyclic) bond motifs is 1. The maximum absolute atomic E-state index is 3.66. The van der Waals surface area contributed by atoms with Crippen LogP contribution in [0.3, 0.4) is 0 Å². The summed E-state index contributed by atoms with van der Waals surface area (Å²) >= 11 is 5.30. The second kappa shape index (κ2) is 4.92. The number of nitrogens with one attached hydrogen (secondary N) is 1. The molecule has 0 saturated carbocycles. The Morgan fingerprint density at radius 1 is 1.35 bits per heavy atom. The quantitative estimate of drug-likeness (QED) is 0.892. The summed E-state index contributed by atoms with van der Waals surface area (Å²) in [6.45, 7) is 0.968. The molecule has 0 amide bonds. The van der Waals surface area contributed by atoms with Crippen molar-refractivity contribution in [3.05, 3.63) is 56.2 Å². The van der Waals surface area contributed by atoms with E-state index in [1.165, 1.54) is 33.3 Å². The monoisotopic (exact) mass is 307 g/mol. The highest BCUT2D eigenvalue weighted by Crippen LogP contribution is 2.31. The first kappa shape index (κ1) is 11.5. The SMILES string of the molecule is Brc1csc(CNC2CCc3ccccc32)c1. The van der Waals surface area contributed by atoms with Crippen molar-refractivity contribution in [1.29, 1.82) is 0 Å². The molecule has 0 saturated heterocycles. The minimum atomic E-state index is 0.534. The van der Waals surface area contributed by atoms with E-state index < -0.39 is 0 Å². The summed E-state index contributed by atoms with van der Waals surface area (Å²) in [5, 5.41) is 5.80. The standard InChI is InChI=1S/C14H14BrNS/c15-11-7-12(17-9-11)8-16-14-6-5-10-3-1-2-4-13(10)14/h1-4,7,9,14,16H,5-6,8H2. The van der Waals surface area contributed by atoms with E-state index in [1.54, 1.807) is 11.3 Å². The van der Waals surface area contributed by atoms with E-state index in [9.17, 15) is 0 Å². The molecule has 1 heterocycles. The molecule has 0 radical (unpaired) electrons. The fraction of sp³-hybridized carbons (Fsp3) is 0.286. The zero-order valence-electron chi connectivity index (χ0n) is 9.45. The maximum Gasteiger partial charge on any atom is 0.0329 e. The predicted molar refractivity (Wildman–Crippen MR) is 76.4 cm³/mol. The summed E-state index contributed by atoms with van der Waals surface area (Å²) < 4.78 is 1.19. The lowest BCUT2D eigenvalue weighted by Gasteiger charge is -2.13. The van der Waals surface area contributed by atoms with Gasteiger partial charge in [0.05, 0.1) is 0 Å². The molecule has 2 aromatic rings. The van der Waals surface area contributed by atoms with Crippen LogP contribution < -0.4 is 5.32 Å². The number of rotatable bonds is 3. The topological polar surface area (TPSA) is 12.0 Å². The molecular weight excluding hydrogens is 294 g/mol. The van der Waals surface area contributed by atoms with Gasteiger partial charge in [0, 0.05) is 27.3 Å². The molecular formula is C14H14BrNS. The summed E-state index contributed by atoms with van der Waals surface area (Å²) in [6, 6.07) is 11.5. The second-order valence-electron chi connectivity index (χ2n) is 4.40. The molecule has 0 aliphatic heterocycles. The minimum absolute atomic E-state index is 0.534. The number of hydrogen-bond acceptors (Lipinski definition) is 2. The van der Waals surface area contributed by atoms with Crippen LogP contribution in [0.4, 0.5) is 0 Å². The molecule has 1 aromatic heterocycles. The second-order valence-corrected chi connectivity index (χ2v) is 6.31. The largest absolute Gasteiger partial charge is 0.305 e. The zero-order valence-corrected chi connectivity index (χ0v) is 11.9. The Morgan fingerprint density at radius 2 is 2.24 bits per heavy atom. The van der Waals surface area contributed by atoms with Crippen molar-refractivity contribution >= 4 is 27.3 Å². The van der Waals surface area contributed by atoms with E-state index in [0.717, 1.165) is 6.54 Å². The zero-order chi connectivity index (χ0) is 11.7. The highest BCUT2D eigenvalue weighted by molar-refractivity contribution is 9.10. The van der Waals surface area contributed by atoms with Crippen LogP contribution in [0.1, 0.15) is 28.5 Å². The highest BCUT2D eigenvalue weighted by Gasteiger charge is 2.21. The van der Waals surface area contributed by atoms with Gasteiger partial charge in [-0.1, -0.05) is 24.3 Å². The van der Waals surface area contributed by atoms with Crippen molar-refractivity contribution in [3.8, 4) is 0 Å². The maximum atomic E-state index is 3.66. The molecule has 1 aliphatic carbocycles. The van der Waals surface area contributed by atoms with Gasteiger partial charge >= 0.3 is 0 Å². The number of hydrogen-bond donors (Lipinski definition) is 1. The summed E-state index contributed by atoms with van der Waals surface area (Å²) in [6.07, 6.45) is 2.44. The molecule has 0 fully saturated rings. The molecule has 1 unspecified atom stereocenters.